The fourth-order valence-electron chi connectivity index (χ4n) is 2.91. The van der Waals surface area contributed by atoms with Crippen molar-refractivity contribution in [3.05, 3.63) is 30.1 Å². The van der Waals surface area contributed by atoms with Crippen molar-refractivity contribution in [1.82, 2.24) is 14.8 Å². The molecule has 130 valence electrons. The fourth-order valence-corrected chi connectivity index (χ4v) is 2.91. The second-order valence-corrected chi connectivity index (χ2v) is 6.63. The van der Waals surface area contributed by atoms with Crippen LogP contribution < -0.4 is 0 Å². The SMILES string of the molecule is CC(OCC1CC1)C(=O)N1CCCN(C(=O)c2ccncc2)CC1. The maximum absolute atomic E-state index is 12.5. The van der Waals surface area contributed by atoms with Gasteiger partial charge in [-0.15, -0.1) is 0 Å². The zero-order valence-corrected chi connectivity index (χ0v) is 14.2. The highest BCUT2D eigenvalue weighted by Crippen LogP contribution is 2.29. The van der Waals surface area contributed by atoms with Gasteiger partial charge in [0, 0.05) is 44.1 Å². The summed E-state index contributed by atoms with van der Waals surface area (Å²) in [4.78, 5) is 32.6. The number of nitrogens with zero attached hydrogens (tertiary/aromatic N) is 3. The van der Waals surface area contributed by atoms with Gasteiger partial charge in [0.15, 0.2) is 0 Å². The van der Waals surface area contributed by atoms with Crippen molar-refractivity contribution >= 4 is 11.8 Å². The molecule has 0 N–H and O–H groups in total. The molecule has 1 saturated carbocycles. The molecule has 2 heterocycles. The van der Waals surface area contributed by atoms with Gasteiger partial charge in [0.25, 0.3) is 11.8 Å². The third kappa shape index (κ3) is 4.32. The number of aromatic nitrogens is 1. The maximum Gasteiger partial charge on any atom is 0.254 e. The van der Waals surface area contributed by atoms with Crippen LogP contribution in [-0.4, -0.2) is 65.5 Å². The van der Waals surface area contributed by atoms with Crippen LogP contribution in [0.1, 0.15) is 36.5 Å². The first-order valence-electron chi connectivity index (χ1n) is 8.75. The van der Waals surface area contributed by atoms with Gasteiger partial charge in [0.05, 0.1) is 6.61 Å². The Balaban J connectivity index is 1.52. The van der Waals surface area contributed by atoms with E-state index in [0.717, 1.165) is 6.42 Å². The molecule has 0 radical (unpaired) electrons. The first-order valence-corrected chi connectivity index (χ1v) is 8.75. The minimum Gasteiger partial charge on any atom is -0.368 e. The van der Waals surface area contributed by atoms with E-state index in [9.17, 15) is 9.59 Å². The van der Waals surface area contributed by atoms with Crippen LogP contribution in [0.5, 0.6) is 0 Å². The Hall–Kier alpha value is -1.95. The highest BCUT2D eigenvalue weighted by molar-refractivity contribution is 5.94. The minimum atomic E-state index is -0.395. The van der Waals surface area contributed by atoms with E-state index in [1.54, 1.807) is 24.5 Å². The molecule has 1 aromatic heterocycles. The van der Waals surface area contributed by atoms with Crippen molar-refractivity contribution in [2.24, 2.45) is 5.92 Å². The molecule has 0 bridgehead atoms. The van der Waals surface area contributed by atoms with Crippen LogP contribution in [0.3, 0.4) is 0 Å². The summed E-state index contributed by atoms with van der Waals surface area (Å²) in [6, 6.07) is 3.45. The molecule has 1 aromatic rings. The Labute approximate surface area is 142 Å². The molecule has 2 aliphatic rings. The number of amides is 2. The van der Waals surface area contributed by atoms with Gasteiger partial charge in [0.1, 0.15) is 6.10 Å². The Kier molecular flexibility index (Phi) is 5.45. The standard InChI is InChI=1S/C18H25N3O3/c1-14(24-13-15-3-4-15)17(22)20-9-2-10-21(12-11-20)18(23)16-5-7-19-8-6-16/h5-8,14-15H,2-4,9-13H2,1H3. The molecule has 1 atom stereocenters. The van der Waals surface area contributed by atoms with E-state index < -0.39 is 6.10 Å². The van der Waals surface area contributed by atoms with Gasteiger partial charge in [-0.1, -0.05) is 0 Å². The van der Waals surface area contributed by atoms with Gasteiger partial charge in [-0.25, -0.2) is 0 Å². The summed E-state index contributed by atoms with van der Waals surface area (Å²) in [5.74, 6) is 0.691. The molecule has 1 saturated heterocycles. The zero-order chi connectivity index (χ0) is 16.9. The Morgan fingerprint density at radius 3 is 2.54 bits per heavy atom. The van der Waals surface area contributed by atoms with Crippen molar-refractivity contribution in [1.29, 1.82) is 0 Å². The summed E-state index contributed by atoms with van der Waals surface area (Å²) in [6.07, 6.45) is 6.08. The van der Waals surface area contributed by atoms with Crippen LogP contribution in [-0.2, 0) is 9.53 Å². The Bertz CT molecular complexity index is 574. The molecule has 0 spiro atoms. The predicted molar refractivity (Wildman–Crippen MR) is 89.5 cm³/mol. The summed E-state index contributed by atoms with van der Waals surface area (Å²) < 4.78 is 5.69. The molecular weight excluding hydrogens is 306 g/mol. The van der Waals surface area contributed by atoms with E-state index in [-0.39, 0.29) is 11.8 Å². The molecule has 2 amide bonds. The summed E-state index contributed by atoms with van der Waals surface area (Å²) in [6.45, 7) is 4.98. The van der Waals surface area contributed by atoms with E-state index in [1.165, 1.54) is 12.8 Å². The normalized spacial score (nSPS) is 19.7. The first-order chi connectivity index (χ1) is 11.6. The number of pyridine rings is 1. The van der Waals surface area contributed by atoms with Gasteiger partial charge in [0.2, 0.25) is 0 Å². The lowest BCUT2D eigenvalue weighted by molar-refractivity contribution is -0.142. The molecule has 3 rings (SSSR count). The van der Waals surface area contributed by atoms with E-state index in [4.69, 9.17) is 4.74 Å². The van der Waals surface area contributed by atoms with Crippen LogP contribution in [0.25, 0.3) is 0 Å². The fraction of sp³-hybridized carbons (Fsp3) is 0.611. The first kappa shape index (κ1) is 16.9. The van der Waals surface area contributed by atoms with Crippen LogP contribution in [0.2, 0.25) is 0 Å². The monoisotopic (exact) mass is 331 g/mol. The topological polar surface area (TPSA) is 62.7 Å². The molecule has 1 aliphatic carbocycles. The van der Waals surface area contributed by atoms with Crippen molar-refractivity contribution in [2.45, 2.75) is 32.3 Å². The minimum absolute atomic E-state index is 0.00438. The molecule has 2 fully saturated rings. The molecular formula is C18H25N3O3. The Morgan fingerprint density at radius 2 is 1.83 bits per heavy atom. The van der Waals surface area contributed by atoms with Gasteiger partial charge in [-0.05, 0) is 44.2 Å². The molecule has 1 unspecified atom stereocenters. The number of rotatable bonds is 5. The number of hydrogen-bond donors (Lipinski definition) is 0. The summed E-state index contributed by atoms with van der Waals surface area (Å²) in [5.41, 5.74) is 0.644. The third-order valence-corrected chi connectivity index (χ3v) is 4.65. The van der Waals surface area contributed by atoms with Crippen LogP contribution in [0, 0.1) is 5.92 Å². The van der Waals surface area contributed by atoms with Crippen LogP contribution >= 0.6 is 0 Å². The zero-order valence-electron chi connectivity index (χ0n) is 14.2. The van der Waals surface area contributed by atoms with E-state index in [1.807, 2.05) is 16.7 Å². The largest absolute Gasteiger partial charge is 0.368 e. The molecule has 24 heavy (non-hydrogen) atoms. The molecule has 0 aromatic carbocycles. The lowest BCUT2D eigenvalue weighted by Crippen LogP contribution is -2.42. The summed E-state index contributed by atoms with van der Waals surface area (Å²) >= 11 is 0. The second kappa shape index (κ2) is 7.75. The smallest absolute Gasteiger partial charge is 0.254 e. The lowest BCUT2D eigenvalue weighted by Gasteiger charge is -2.25. The average molecular weight is 331 g/mol. The number of ether oxygens (including phenoxy) is 1. The van der Waals surface area contributed by atoms with Gasteiger partial charge < -0.3 is 14.5 Å². The molecule has 6 heteroatoms. The van der Waals surface area contributed by atoms with Crippen molar-refractivity contribution in [2.75, 3.05) is 32.8 Å². The van der Waals surface area contributed by atoms with E-state index in [0.29, 0.717) is 44.3 Å². The van der Waals surface area contributed by atoms with E-state index in [2.05, 4.69) is 4.98 Å². The Morgan fingerprint density at radius 1 is 1.17 bits per heavy atom. The second-order valence-electron chi connectivity index (χ2n) is 6.63. The summed E-state index contributed by atoms with van der Waals surface area (Å²) in [5, 5.41) is 0. The summed E-state index contributed by atoms with van der Waals surface area (Å²) in [7, 11) is 0. The quantitative estimate of drug-likeness (QED) is 0.822. The van der Waals surface area contributed by atoms with Gasteiger partial charge in [-0.3, -0.25) is 14.6 Å². The lowest BCUT2D eigenvalue weighted by atomic mass is 10.2. The highest BCUT2D eigenvalue weighted by atomic mass is 16.5. The van der Waals surface area contributed by atoms with Crippen LogP contribution in [0.4, 0.5) is 0 Å². The highest BCUT2D eigenvalue weighted by Gasteiger charge is 2.28. The number of carbonyl (C=O) groups excluding carboxylic acids is 2. The third-order valence-electron chi connectivity index (χ3n) is 4.65. The van der Waals surface area contributed by atoms with Gasteiger partial charge in [-0.2, -0.15) is 0 Å². The molecule has 6 nitrogen and oxygen atoms in total. The van der Waals surface area contributed by atoms with E-state index >= 15 is 0 Å². The van der Waals surface area contributed by atoms with Gasteiger partial charge >= 0.3 is 0 Å². The van der Waals surface area contributed by atoms with Crippen molar-refractivity contribution in [3.8, 4) is 0 Å². The predicted octanol–water partition coefficient (Wildman–Crippen LogP) is 1.57. The van der Waals surface area contributed by atoms with Crippen LogP contribution in [0.15, 0.2) is 24.5 Å². The van der Waals surface area contributed by atoms with Crippen molar-refractivity contribution < 1.29 is 14.3 Å². The van der Waals surface area contributed by atoms with Crippen molar-refractivity contribution in [3.63, 3.8) is 0 Å². The molecule has 1 aliphatic heterocycles. The number of hydrogen-bond acceptors (Lipinski definition) is 4. The maximum atomic E-state index is 12.5. The number of carbonyl (C=O) groups is 2. The average Bonchev–Trinajstić information content (AvgIpc) is 3.45.